The second kappa shape index (κ2) is 7.91. The van der Waals surface area contributed by atoms with Crippen LogP contribution in [-0.4, -0.2) is 67.1 Å². The molecule has 10 heteroatoms. The maximum absolute atomic E-state index is 12.5. The summed E-state index contributed by atoms with van der Waals surface area (Å²) in [5.74, 6) is -0.253. The van der Waals surface area contributed by atoms with Crippen LogP contribution in [0.3, 0.4) is 0 Å². The molecule has 148 valence electrons. The molecular formula is C17H23N3O6S. The molecule has 0 spiro atoms. The molecule has 2 aliphatic rings. The van der Waals surface area contributed by atoms with Gasteiger partial charge in [-0.25, -0.2) is 8.42 Å². The third-order valence-electron chi connectivity index (χ3n) is 5.30. The first-order chi connectivity index (χ1) is 12.8. The van der Waals surface area contributed by atoms with Crippen LogP contribution >= 0.6 is 0 Å². The Bertz CT molecular complexity index is 802. The lowest BCUT2D eigenvalue weighted by atomic mass is 9.96. The van der Waals surface area contributed by atoms with E-state index in [2.05, 4.69) is 4.90 Å². The second-order valence-corrected chi connectivity index (χ2v) is 9.00. The summed E-state index contributed by atoms with van der Waals surface area (Å²) in [5, 5.41) is 10.7. The van der Waals surface area contributed by atoms with E-state index in [1.807, 2.05) is 0 Å². The zero-order valence-corrected chi connectivity index (χ0v) is 15.9. The molecule has 2 saturated heterocycles. The van der Waals surface area contributed by atoms with Gasteiger partial charge in [0.05, 0.1) is 23.7 Å². The number of esters is 1. The van der Waals surface area contributed by atoms with Gasteiger partial charge in [-0.05, 0) is 31.5 Å². The highest BCUT2D eigenvalue weighted by Gasteiger charge is 2.40. The highest BCUT2D eigenvalue weighted by molar-refractivity contribution is 7.89. The third-order valence-corrected chi connectivity index (χ3v) is 7.17. The number of nitrogens with zero attached hydrogens (tertiary/aromatic N) is 3. The van der Waals surface area contributed by atoms with E-state index >= 15 is 0 Å². The molecule has 0 bridgehead atoms. The summed E-state index contributed by atoms with van der Waals surface area (Å²) in [6.45, 7) is 1.94. The lowest BCUT2D eigenvalue weighted by Gasteiger charge is -2.34. The van der Waals surface area contributed by atoms with Crippen molar-refractivity contribution in [2.45, 2.75) is 25.4 Å². The van der Waals surface area contributed by atoms with Crippen LogP contribution in [0.4, 0.5) is 5.69 Å². The molecule has 2 heterocycles. The smallest absolute Gasteiger partial charge is 0.308 e. The maximum atomic E-state index is 12.5. The van der Waals surface area contributed by atoms with Crippen molar-refractivity contribution >= 4 is 21.7 Å². The highest BCUT2D eigenvalue weighted by Crippen LogP contribution is 2.26. The minimum absolute atomic E-state index is 0.0191. The molecule has 9 nitrogen and oxygen atoms in total. The van der Waals surface area contributed by atoms with Crippen LogP contribution in [-0.2, 0) is 26.1 Å². The maximum Gasteiger partial charge on any atom is 0.308 e. The van der Waals surface area contributed by atoms with Crippen LogP contribution in [0.25, 0.3) is 0 Å². The lowest BCUT2D eigenvalue weighted by Crippen LogP contribution is -2.45. The predicted molar refractivity (Wildman–Crippen MR) is 97.4 cm³/mol. The van der Waals surface area contributed by atoms with Crippen molar-refractivity contribution in [2.75, 3.05) is 32.5 Å². The van der Waals surface area contributed by atoms with Crippen LogP contribution in [0.2, 0.25) is 0 Å². The number of carbonyl (C=O) groups excluding carboxylic acids is 1. The lowest BCUT2D eigenvalue weighted by molar-refractivity contribution is -0.384. The number of nitro groups is 1. The fourth-order valence-electron chi connectivity index (χ4n) is 3.73. The topological polar surface area (TPSA) is 110 Å². The Balaban J connectivity index is 1.61. The molecule has 0 aliphatic carbocycles. The molecule has 0 amide bonds. The molecule has 2 fully saturated rings. The monoisotopic (exact) mass is 397 g/mol. The number of piperidine rings is 1. The Morgan fingerprint density at radius 2 is 1.89 bits per heavy atom. The molecule has 1 unspecified atom stereocenters. The first-order valence-corrected chi connectivity index (χ1v) is 10.4. The minimum atomic E-state index is -3.38. The van der Waals surface area contributed by atoms with Gasteiger partial charge in [-0.3, -0.25) is 19.8 Å². The van der Waals surface area contributed by atoms with Gasteiger partial charge in [0.2, 0.25) is 10.0 Å². The van der Waals surface area contributed by atoms with Crippen LogP contribution in [0.15, 0.2) is 24.3 Å². The summed E-state index contributed by atoms with van der Waals surface area (Å²) in [7, 11) is -2.00. The summed E-state index contributed by atoms with van der Waals surface area (Å²) in [6.07, 6.45) is 1.34. The fourth-order valence-corrected chi connectivity index (χ4v) is 5.49. The first kappa shape index (κ1) is 19.7. The summed E-state index contributed by atoms with van der Waals surface area (Å²) in [4.78, 5) is 24.0. The average Bonchev–Trinajstić information content (AvgIpc) is 2.96. The summed E-state index contributed by atoms with van der Waals surface area (Å²) >= 11 is 0. The first-order valence-electron chi connectivity index (χ1n) is 8.83. The van der Waals surface area contributed by atoms with Gasteiger partial charge in [-0.15, -0.1) is 0 Å². The number of rotatable bonds is 5. The van der Waals surface area contributed by atoms with Gasteiger partial charge in [-0.1, -0.05) is 12.1 Å². The van der Waals surface area contributed by atoms with E-state index in [4.69, 9.17) is 4.74 Å². The molecule has 1 atom stereocenters. The SMILES string of the molecule is COC(=O)C1CCN(C2CN(Cc3ccc([N+](=O)[O-])cc3)S(=O)(=O)C2)CC1. The van der Waals surface area contributed by atoms with E-state index in [0.29, 0.717) is 38.0 Å². The number of sulfonamides is 1. The van der Waals surface area contributed by atoms with Gasteiger partial charge < -0.3 is 4.74 Å². The van der Waals surface area contributed by atoms with Gasteiger partial charge in [0, 0.05) is 31.3 Å². The van der Waals surface area contributed by atoms with Gasteiger partial charge in [-0.2, -0.15) is 4.31 Å². The van der Waals surface area contributed by atoms with Gasteiger partial charge >= 0.3 is 5.97 Å². The van der Waals surface area contributed by atoms with Crippen molar-refractivity contribution in [2.24, 2.45) is 5.92 Å². The van der Waals surface area contributed by atoms with Gasteiger partial charge in [0.25, 0.3) is 5.69 Å². The van der Waals surface area contributed by atoms with E-state index < -0.39 is 14.9 Å². The number of methoxy groups -OCH3 is 1. The predicted octanol–water partition coefficient (Wildman–Crippen LogP) is 0.994. The van der Waals surface area contributed by atoms with Crippen molar-refractivity contribution in [1.29, 1.82) is 0 Å². The number of ether oxygens (including phenoxy) is 1. The summed E-state index contributed by atoms with van der Waals surface area (Å²) in [5.41, 5.74) is 0.698. The normalized spacial score (nSPS) is 24.0. The third kappa shape index (κ3) is 4.45. The Morgan fingerprint density at radius 3 is 2.44 bits per heavy atom. The van der Waals surface area contributed by atoms with E-state index in [1.165, 1.54) is 23.5 Å². The standard InChI is InChI=1S/C17H23N3O6S/c1-26-17(21)14-6-8-18(9-7-14)16-11-19(27(24,25)12-16)10-13-2-4-15(5-3-13)20(22)23/h2-5,14,16H,6-12H2,1H3. The largest absolute Gasteiger partial charge is 0.469 e. The van der Waals surface area contributed by atoms with Crippen LogP contribution in [0.5, 0.6) is 0 Å². The Morgan fingerprint density at radius 1 is 1.26 bits per heavy atom. The molecule has 2 aliphatic heterocycles. The molecule has 0 radical (unpaired) electrons. The Hall–Kier alpha value is -2.04. The van der Waals surface area contributed by atoms with Crippen molar-refractivity contribution in [3.63, 3.8) is 0 Å². The van der Waals surface area contributed by atoms with Crippen LogP contribution < -0.4 is 0 Å². The molecule has 0 N–H and O–H groups in total. The number of hydrogen-bond donors (Lipinski definition) is 0. The van der Waals surface area contributed by atoms with Gasteiger partial charge in [0.15, 0.2) is 0 Å². The van der Waals surface area contributed by atoms with Crippen molar-refractivity contribution < 1.29 is 22.9 Å². The molecule has 3 rings (SSSR count). The molecular weight excluding hydrogens is 374 g/mol. The molecule has 1 aromatic rings. The Kier molecular flexibility index (Phi) is 5.78. The van der Waals surface area contributed by atoms with Crippen molar-refractivity contribution in [3.05, 3.63) is 39.9 Å². The second-order valence-electron chi connectivity index (χ2n) is 6.98. The number of hydrogen-bond acceptors (Lipinski definition) is 7. The summed E-state index contributed by atoms with van der Waals surface area (Å²) < 4.78 is 31.3. The van der Waals surface area contributed by atoms with Crippen molar-refractivity contribution in [3.8, 4) is 0 Å². The van der Waals surface area contributed by atoms with Crippen molar-refractivity contribution in [1.82, 2.24) is 9.21 Å². The molecule has 1 aromatic carbocycles. The molecule has 0 aromatic heterocycles. The van der Waals surface area contributed by atoms with E-state index in [9.17, 15) is 23.3 Å². The number of non-ortho nitro benzene ring substituents is 1. The average molecular weight is 397 g/mol. The van der Waals surface area contributed by atoms with E-state index in [1.54, 1.807) is 12.1 Å². The number of carbonyl (C=O) groups is 1. The quantitative estimate of drug-likeness (QED) is 0.414. The summed E-state index contributed by atoms with van der Waals surface area (Å²) in [6, 6.07) is 5.83. The highest BCUT2D eigenvalue weighted by atomic mass is 32.2. The number of likely N-dealkylation sites (tertiary alicyclic amines) is 1. The number of benzene rings is 1. The Labute approximate surface area is 158 Å². The molecule has 27 heavy (non-hydrogen) atoms. The molecule has 0 saturated carbocycles. The van der Waals surface area contributed by atoms with E-state index in [-0.39, 0.29) is 35.9 Å². The number of nitro benzene ring substituents is 1. The van der Waals surface area contributed by atoms with E-state index in [0.717, 1.165) is 0 Å². The van der Waals surface area contributed by atoms with Gasteiger partial charge in [0.1, 0.15) is 0 Å². The van der Waals surface area contributed by atoms with Crippen LogP contribution in [0, 0.1) is 16.0 Å². The van der Waals surface area contributed by atoms with Crippen LogP contribution in [0.1, 0.15) is 18.4 Å². The fraction of sp³-hybridized carbons (Fsp3) is 0.588. The zero-order chi connectivity index (χ0) is 19.6. The minimum Gasteiger partial charge on any atom is -0.469 e. The zero-order valence-electron chi connectivity index (χ0n) is 15.1.